The Morgan fingerprint density at radius 3 is 2.09 bits per heavy atom. The molecular weight excluding hydrogens is 618 g/mol. The molecule has 4 rings (SSSR count). The van der Waals surface area contributed by atoms with Gasteiger partial charge in [0.05, 0.1) is 31.6 Å². The molecule has 0 fully saturated rings. The van der Waals surface area contributed by atoms with Gasteiger partial charge < -0.3 is 30.2 Å². The lowest BCUT2D eigenvalue weighted by Crippen LogP contribution is -2.30. The van der Waals surface area contributed by atoms with E-state index >= 15 is 0 Å². The van der Waals surface area contributed by atoms with Crippen LogP contribution in [0.4, 0.5) is 11.4 Å². The van der Waals surface area contributed by atoms with E-state index < -0.39 is 23.0 Å². The number of nitrogens with one attached hydrogen (secondary N) is 3. The van der Waals surface area contributed by atoms with Crippen LogP contribution >= 0.6 is 11.8 Å². The summed E-state index contributed by atoms with van der Waals surface area (Å²) in [6.45, 7) is 3.80. The van der Waals surface area contributed by atoms with Gasteiger partial charge in [0.2, 0.25) is 5.91 Å². The van der Waals surface area contributed by atoms with Crippen LogP contribution in [0, 0.1) is 0 Å². The maximum Gasteiger partial charge on any atom is 0.338 e. The third-order valence-electron chi connectivity index (χ3n) is 6.73. The van der Waals surface area contributed by atoms with Crippen molar-refractivity contribution in [3.8, 4) is 11.5 Å². The van der Waals surface area contributed by atoms with Crippen molar-refractivity contribution in [1.82, 2.24) is 5.32 Å². The first-order valence-corrected chi connectivity index (χ1v) is 15.5. The minimum atomic E-state index is -0.547. The number of esters is 1. The molecular formula is C36H35N3O7S. The quantitative estimate of drug-likeness (QED) is 0.0857. The van der Waals surface area contributed by atoms with Crippen molar-refractivity contribution < 1.29 is 33.4 Å². The van der Waals surface area contributed by atoms with Gasteiger partial charge in [0.15, 0.2) is 0 Å². The summed E-state index contributed by atoms with van der Waals surface area (Å²) in [6, 6.07) is 27.2. The molecule has 11 heteroatoms. The molecule has 0 aliphatic heterocycles. The summed E-state index contributed by atoms with van der Waals surface area (Å²) in [5.74, 6) is -0.600. The first-order valence-electron chi connectivity index (χ1n) is 14.7. The zero-order chi connectivity index (χ0) is 33.8. The van der Waals surface area contributed by atoms with Gasteiger partial charge in [-0.2, -0.15) is 0 Å². The Kier molecular flexibility index (Phi) is 12.2. The first-order chi connectivity index (χ1) is 22.7. The van der Waals surface area contributed by atoms with Crippen molar-refractivity contribution in [3.05, 3.63) is 119 Å². The van der Waals surface area contributed by atoms with Crippen LogP contribution in [-0.2, 0) is 14.3 Å². The van der Waals surface area contributed by atoms with E-state index in [1.165, 1.54) is 32.1 Å². The Balaban J connectivity index is 1.43. The van der Waals surface area contributed by atoms with Gasteiger partial charge in [0.25, 0.3) is 11.8 Å². The number of anilines is 2. The van der Waals surface area contributed by atoms with E-state index in [-0.39, 0.29) is 18.2 Å². The molecule has 4 aromatic rings. The summed E-state index contributed by atoms with van der Waals surface area (Å²) in [4.78, 5) is 52.0. The fourth-order valence-corrected chi connectivity index (χ4v) is 5.12. The fourth-order valence-electron chi connectivity index (χ4n) is 4.26. The molecule has 0 saturated heterocycles. The lowest BCUT2D eigenvalue weighted by atomic mass is 10.1. The molecule has 47 heavy (non-hydrogen) atoms. The van der Waals surface area contributed by atoms with Crippen molar-refractivity contribution in [1.29, 1.82) is 0 Å². The minimum absolute atomic E-state index is 0.00125. The average Bonchev–Trinajstić information content (AvgIpc) is 3.09. The molecule has 3 amide bonds. The van der Waals surface area contributed by atoms with E-state index in [1.54, 1.807) is 111 Å². The van der Waals surface area contributed by atoms with Gasteiger partial charge in [-0.05, 0) is 92.7 Å². The van der Waals surface area contributed by atoms with Crippen LogP contribution in [0.5, 0.6) is 11.5 Å². The molecule has 242 valence electrons. The maximum atomic E-state index is 13.5. The molecule has 3 N–H and O–H groups in total. The van der Waals surface area contributed by atoms with E-state index in [0.717, 1.165) is 4.90 Å². The number of carbonyl (C=O) groups is 4. The lowest BCUT2D eigenvalue weighted by molar-refractivity contribution is -0.115. The molecule has 4 aromatic carbocycles. The normalized spacial score (nSPS) is 11.5. The number of ether oxygens (including phenoxy) is 3. The van der Waals surface area contributed by atoms with Gasteiger partial charge in [-0.25, -0.2) is 4.79 Å². The predicted molar refractivity (Wildman–Crippen MR) is 183 cm³/mol. The molecule has 0 aliphatic carbocycles. The van der Waals surface area contributed by atoms with Gasteiger partial charge in [0.1, 0.15) is 17.2 Å². The van der Waals surface area contributed by atoms with E-state index in [2.05, 4.69) is 16.0 Å². The molecule has 0 aliphatic rings. The molecule has 1 atom stereocenters. The highest BCUT2D eigenvalue weighted by Gasteiger charge is 2.18. The second-order valence-corrected chi connectivity index (χ2v) is 11.4. The Labute approximate surface area is 277 Å². The van der Waals surface area contributed by atoms with E-state index in [1.807, 2.05) is 0 Å². The van der Waals surface area contributed by atoms with Gasteiger partial charge >= 0.3 is 5.97 Å². The fraction of sp³-hybridized carbons (Fsp3) is 0.167. The predicted octanol–water partition coefficient (Wildman–Crippen LogP) is 6.41. The van der Waals surface area contributed by atoms with Gasteiger partial charge in [0, 0.05) is 33.5 Å². The monoisotopic (exact) mass is 653 g/mol. The van der Waals surface area contributed by atoms with Crippen LogP contribution in [0.2, 0.25) is 0 Å². The van der Waals surface area contributed by atoms with Crippen LogP contribution < -0.4 is 25.4 Å². The molecule has 0 bridgehead atoms. The highest BCUT2D eigenvalue weighted by Crippen LogP contribution is 2.28. The second-order valence-electron chi connectivity index (χ2n) is 10.0. The molecule has 0 spiro atoms. The second kappa shape index (κ2) is 16.7. The van der Waals surface area contributed by atoms with E-state index in [0.29, 0.717) is 39.6 Å². The Morgan fingerprint density at radius 2 is 1.45 bits per heavy atom. The number of rotatable bonds is 13. The lowest BCUT2D eigenvalue weighted by Gasteiger charge is -2.14. The molecule has 1 unspecified atom stereocenters. The van der Waals surface area contributed by atoms with Gasteiger partial charge in [-0.15, -0.1) is 11.8 Å². The summed E-state index contributed by atoms with van der Waals surface area (Å²) < 4.78 is 15.7. The third-order valence-corrected chi connectivity index (χ3v) is 7.84. The standard InChI is InChI=1S/C36H35N3O7S/c1-5-46-36(43)25-11-14-27(15-12-25)37-33(40)23(2)47-30-19-16-28(17-20-30)38-35(42)31(39-34(41)24-9-7-6-8-10-24)21-26-13-18-29(44-3)22-32(26)45-4/h6-23H,5H2,1-4H3,(H,37,40)(H,38,42)(H,39,41)/b31-21-. The highest BCUT2D eigenvalue weighted by atomic mass is 32.2. The number of thioether (sulfide) groups is 1. The van der Waals surface area contributed by atoms with Crippen LogP contribution in [0.25, 0.3) is 6.08 Å². The van der Waals surface area contributed by atoms with Crippen LogP contribution in [0.1, 0.15) is 40.1 Å². The molecule has 0 heterocycles. The van der Waals surface area contributed by atoms with E-state index in [9.17, 15) is 19.2 Å². The summed E-state index contributed by atoms with van der Waals surface area (Å²) >= 11 is 1.34. The SMILES string of the molecule is CCOC(=O)c1ccc(NC(=O)C(C)Sc2ccc(NC(=O)/C(=C/c3ccc(OC)cc3OC)NC(=O)c3ccccc3)cc2)cc1. The topological polar surface area (TPSA) is 132 Å². The van der Waals surface area contributed by atoms with Gasteiger partial charge in [-0.1, -0.05) is 18.2 Å². The summed E-state index contributed by atoms with van der Waals surface area (Å²) in [6.07, 6.45) is 1.53. The number of carbonyl (C=O) groups excluding carboxylic acids is 4. The molecule has 0 radical (unpaired) electrons. The number of amides is 3. The Hall–Kier alpha value is -5.55. The molecule has 0 saturated carbocycles. The third kappa shape index (κ3) is 9.72. The first kappa shape index (κ1) is 34.3. The van der Waals surface area contributed by atoms with Crippen molar-refractivity contribution in [2.45, 2.75) is 24.0 Å². The van der Waals surface area contributed by atoms with Crippen molar-refractivity contribution in [2.24, 2.45) is 0 Å². The van der Waals surface area contributed by atoms with E-state index in [4.69, 9.17) is 14.2 Å². The number of methoxy groups -OCH3 is 2. The minimum Gasteiger partial charge on any atom is -0.497 e. The van der Waals surface area contributed by atoms with Crippen molar-refractivity contribution in [3.63, 3.8) is 0 Å². The van der Waals surface area contributed by atoms with Crippen molar-refractivity contribution >= 4 is 52.9 Å². The maximum absolute atomic E-state index is 13.5. The largest absolute Gasteiger partial charge is 0.497 e. The number of hydrogen-bond donors (Lipinski definition) is 3. The van der Waals surface area contributed by atoms with Crippen LogP contribution in [0.3, 0.4) is 0 Å². The van der Waals surface area contributed by atoms with Gasteiger partial charge in [-0.3, -0.25) is 14.4 Å². The number of hydrogen-bond acceptors (Lipinski definition) is 8. The Morgan fingerprint density at radius 1 is 0.787 bits per heavy atom. The highest BCUT2D eigenvalue weighted by molar-refractivity contribution is 8.00. The number of benzene rings is 4. The molecule has 10 nitrogen and oxygen atoms in total. The van der Waals surface area contributed by atoms with Crippen molar-refractivity contribution in [2.75, 3.05) is 31.5 Å². The smallest absolute Gasteiger partial charge is 0.338 e. The molecule has 0 aromatic heterocycles. The van der Waals surface area contributed by atoms with Crippen LogP contribution in [0.15, 0.2) is 108 Å². The average molecular weight is 654 g/mol. The summed E-state index contributed by atoms with van der Waals surface area (Å²) in [5.41, 5.74) is 2.40. The zero-order valence-corrected chi connectivity index (χ0v) is 27.2. The summed E-state index contributed by atoms with van der Waals surface area (Å²) in [7, 11) is 3.04. The Bertz CT molecular complexity index is 1740. The van der Waals surface area contributed by atoms with Crippen LogP contribution in [-0.4, -0.2) is 49.8 Å². The summed E-state index contributed by atoms with van der Waals surface area (Å²) in [5, 5.41) is 7.95. The zero-order valence-electron chi connectivity index (χ0n) is 26.4.